The molecule has 1 N–H and O–H groups in total. The highest BCUT2D eigenvalue weighted by Gasteiger charge is 2.34. The van der Waals surface area contributed by atoms with Crippen molar-refractivity contribution in [3.8, 4) is 0 Å². The van der Waals surface area contributed by atoms with Gasteiger partial charge in [-0.3, -0.25) is 9.78 Å². The summed E-state index contributed by atoms with van der Waals surface area (Å²) in [7, 11) is -3.70. The van der Waals surface area contributed by atoms with E-state index in [1.54, 1.807) is 6.07 Å². The summed E-state index contributed by atoms with van der Waals surface area (Å²) in [4.78, 5) is 18.8. The molecule has 11 heteroatoms. The molecule has 2 aliphatic rings. The van der Waals surface area contributed by atoms with Crippen molar-refractivity contribution in [3.63, 3.8) is 0 Å². The molecule has 0 unspecified atom stereocenters. The Labute approximate surface area is 190 Å². The lowest BCUT2D eigenvalue weighted by atomic mass is 9.97. The Kier molecular flexibility index (Phi) is 6.62. The maximum atomic E-state index is 13.3. The van der Waals surface area contributed by atoms with Crippen LogP contribution in [-0.4, -0.2) is 49.8 Å². The van der Waals surface area contributed by atoms with Gasteiger partial charge in [0.15, 0.2) is 0 Å². The molecule has 33 heavy (non-hydrogen) atoms. The van der Waals surface area contributed by atoms with Crippen LogP contribution in [0.15, 0.2) is 47.6 Å². The van der Waals surface area contributed by atoms with E-state index in [9.17, 15) is 26.4 Å². The molecule has 2 saturated heterocycles. The number of halogens is 3. The average Bonchev–Trinajstić information content (AvgIpc) is 3.34. The molecule has 0 aliphatic carbocycles. The van der Waals surface area contributed by atoms with Crippen molar-refractivity contribution in [2.45, 2.75) is 36.8 Å². The summed E-state index contributed by atoms with van der Waals surface area (Å²) in [5.74, 6) is -0.889. The first-order valence-electron chi connectivity index (χ1n) is 10.8. The molecule has 0 bridgehead atoms. The summed E-state index contributed by atoms with van der Waals surface area (Å²) in [5, 5.41) is 2.70. The molecule has 1 amide bonds. The molecule has 178 valence electrons. The molecule has 1 aromatic carbocycles. The summed E-state index contributed by atoms with van der Waals surface area (Å²) in [6.45, 7) is 1.74. The second-order valence-electron chi connectivity index (χ2n) is 8.28. The van der Waals surface area contributed by atoms with Gasteiger partial charge >= 0.3 is 6.18 Å². The van der Waals surface area contributed by atoms with Crippen molar-refractivity contribution in [3.05, 3.63) is 48.3 Å². The number of carbonyl (C=O) groups excluding carboxylic acids is 1. The van der Waals surface area contributed by atoms with Crippen molar-refractivity contribution >= 4 is 27.3 Å². The van der Waals surface area contributed by atoms with Gasteiger partial charge in [-0.15, -0.1) is 0 Å². The average molecular weight is 483 g/mol. The lowest BCUT2D eigenvalue weighted by Crippen LogP contribution is -2.41. The Morgan fingerprint density at radius 1 is 1.06 bits per heavy atom. The van der Waals surface area contributed by atoms with Gasteiger partial charge < -0.3 is 10.2 Å². The first-order chi connectivity index (χ1) is 15.7. The molecule has 0 radical (unpaired) electrons. The van der Waals surface area contributed by atoms with E-state index in [4.69, 9.17) is 0 Å². The van der Waals surface area contributed by atoms with Crippen LogP contribution in [0.4, 0.5) is 24.5 Å². The van der Waals surface area contributed by atoms with Gasteiger partial charge in [0.2, 0.25) is 15.9 Å². The Hall–Kier alpha value is -2.66. The predicted octanol–water partition coefficient (Wildman–Crippen LogP) is 3.74. The van der Waals surface area contributed by atoms with Gasteiger partial charge in [0.25, 0.3) is 0 Å². The van der Waals surface area contributed by atoms with Crippen LogP contribution in [0, 0.1) is 5.92 Å². The van der Waals surface area contributed by atoms with Crippen LogP contribution in [-0.2, 0) is 21.0 Å². The van der Waals surface area contributed by atoms with Gasteiger partial charge in [0.1, 0.15) is 4.90 Å². The molecular weight excluding hydrogens is 457 g/mol. The van der Waals surface area contributed by atoms with Gasteiger partial charge in [-0.1, -0.05) is 0 Å². The molecule has 0 spiro atoms. The Morgan fingerprint density at radius 2 is 1.76 bits per heavy atom. The van der Waals surface area contributed by atoms with Gasteiger partial charge in [0, 0.05) is 44.5 Å². The SMILES string of the molecule is O=C(Nc1cc(C(F)(F)F)ccc1N1CCCC1)C1CCN(S(=O)(=O)c2cccnc2)CC1. The van der Waals surface area contributed by atoms with Gasteiger partial charge in [0.05, 0.1) is 16.9 Å². The third-order valence-corrected chi connectivity index (χ3v) is 8.01. The van der Waals surface area contributed by atoms with Crippen molar-refractivity contribution in [2.24, 2.45) is 5.92 Å². The molecule has 2 fully saturated rings. The van der Waals surface area contributed by atoms with Crippen LogP contribution in [0.5, 0.6) is 0 Å². The molecule has 7 nitrogen and oxygen atoms in total. The summed E-state index contributed by atoms with van der Waals surface area (Å²) in [6.07, 6.45) is 0.694. The van der Waals surface area contributed by atoms with E-state index in [-0.39, 0.29) is 36.5 Å². The van der Waals surface area contributed by atoms with E-state index >= 15 is 0 Å². The quantitative estimate of drug-likeness (QED) is 0.702. The number of aromatic nitrogens is 1. The van der Waals surface area contributed by atoms with Crippen LogP contribution in [0.3, 0.4) is 0 Å². The molecule has 2 aliphatic heterocycles. The second kappa shape index (κ2) is 9.30. The topological polar surface area (TPSA) is 82.6 Å². The lowest BCUT2D eigenvalue weighted by Gasteiger charge is -2.31. The van der Waals surface area contributed by atoms with Crippen LogP contribution < -0.4 is 10.2 Å². The summed E-state index contributed by atoms with van der Waals surface area (Å²) in [5.41, 5.74) is -0.106. The Bertz CT molecular complexity index is 1100. The van der Waals surface area contributed by atoms with Crippen LogP contribution >= 0.6 is 0 Å². The standard InChI is InChI=1S/C22H25F3N4O3S/c23-22(24,25)17-5-6-20(28-10-1-2-11-28)19(14-17)27-21(30)16-7-12-29(13-8-16)33(31,32)18-4-3-9-26-15-18/h3-6,9,14-16H,1-2,7-8,10-13H2,(H,27,30). The van der Waals surface area contributed by atoms with E-state index < -0.39 is 33.6 Å². The molecule has 4 rings (SSSR count). The number of hydrogen-bond acceptors (Lipinski definition) is 5. The number of nitrogens with zero attached hydrogens (tertiary/aromatic N) is 3. The number of benzene rings is 1. The number of amides is 1. The second-order valence-corrected chi connectivity index (χ2v) is 10.2. The third kappa shape index (κ3) is 5.14. The van der Waals surface area contributed by atoms with E-state index in [2.05, 4.69) is 10.3 Å². The normalized spacial score (nSPS) is 18.5. The Morgan fingerprint density at radius 3 is 2.36 bits per heavy atom. The van der Waals surface area contributed by atoms with Crippen molar-refractivity contribution in [2.75, 3.05) is 36.4 Å². The fraction of sp³-hybridized carbons (Fsp3) is 0.455. The predicted molar refractivity (Wildman–Crippen MR) is 117 cm³/mol. The van der Waals surface area contributed by atoms with Crippen LogP contribution in [0.1, 0.15) is 31.2 Å². The number of piperidine rings is 1. The molecule has 2 aromatic rings. The first-order valence-corrected chi connectivity index (χ1v) is 12.3. The minimum Gasteiger partial charge on any atom is -0.370 e. The zero-order valence-electron chi connectivity index (χ0n) is 17.9. The molecule has 0 atom stereocenters. The molecule has 1 aromatic heterocycles. The fourth-order valence-electron chi connectivity index (χ4n) is 4.29. The largest absolute Gasteiger partial charge is 0.416 e. The van der Waals surface area contributed by atoms with E-state index in [0.717, 1.165) is 38.1 Å². The number of alkyl halides is 3. The highest BCUT2D eigenvalue weighted by Crippen LogP contribution is 2.37. The van der Waals surface area contributed by atoms with E-state index in [0.29, 0.717) is 5.69 Å². The van der Waals surface area contributed by atoms with Gasteiger partial charge in [-0.2, -0.15) is 17.5 Å². The molecular formula is C22H25F3N4O3S. The number of nitrogens with one attached hydrogen (secondary N) is 1. The number of hydrogen-bond donors (Lipinski definition) is 1. The number of carbonyl (C=O) groups is 1. The summed E-state index contributed by atoms with van der Waals surface area (Å²) < 4.78 is 66.6. The lowest BCUT2D eigenvalue weighted by molar-refractivity contribution is -0.137. The maximum Gasteiger partial charge on any atom is 0.416 e. The monoisotopic (exact) mass is 482 g/mol. The fourth-order valence-corrected chi connectivity index (χ4v) is 5.72. The van der Waals surface area contributed by atoms with Crippen LogP contribution in [0.25, 0.3) is 0 Å². The zero-order chi connectivity index (χ0) is 23.6. The first kappa shape index (κ1) is 23.5. The number of anilines is 2. The van der Waals surface area contributed by atoms with Crippen molar-refractivity contribution < 1.29 is 26.4 Å². The highest BCUT2D eigenvalue weighted by molar-refractivity contribution is 7.89. The summed E-state index contributed by atoms with van der Waals surface area (Å²) in [6, 6.07) is 6.43. The molecule has 0 saturated carbocycles. The third-order valence-electron chi connectivity index (χ3n) is 6.13. The van der Waals surface area contributed by atoms with Crippen LogP contribution in [0.2, 0.25) is 0 Å². The maximum absolute atomic E-state index is 13.3. The number of pyridine rings is 1. The van der Waals surface area contributed by atoms with Gasteiger partial charge in [-0.25, -0.2) is 8.42 Å². The highest BCUT2D eigenvalue weighted by atomic mass is 32.2. The molecule has 3 heterocycles. The number of rotatable bonds is 5. The zero-order valence-corrected chi connectivity index (χ0v) is 18.7. The van der Waals surface area contributed by atoms with E-state index in [1.165, 1.54) is 28.8 Å². The smallest absolute Gasteiger partial charge is 0.370 e. The van der Waals surface area contributed by atoms with Crippen molar-refractivity contribution in [1.29, 1.82) is 0 Å². The Balaban J connectivity index is 1.47. The van der Waals surface area contributed by atoms with Gasteiger partial charge in [-0.05, 0) is 56.0 Å². The minimum atomic E-state index is -4.52. The van der Waals surface area contributed by atoms with E-state index in [1.807, 2.05) is 4.90 Å². The minimum absolute atomic E-state index is 0.0899. The number of sulfonamides is 1. The van der Waals surface area contributed by atoms with Crippen molar-refractivity contribution in [1.82, 2.24) is 9.29 Å². The summed E-state index contributed by atoms with van der Waals surface area (Å²) >= 11 is 0.